The first-order chi connectivity index (χ1) is 8.81. The number of rotatable bonds is 2. The highest BCUT2D eigenvalue weighted by atomic mass is 19.1. The van der Waals surface area contributed by atoms with Crippen LogP contribution >= 0.6 is 0 Å². The summed E-state index contributed by atoms with van der Waals surface area (Å²) < 4.78 is 16.0. The van der Waals surface area contributed by atoms with Gasteiger partial charge in [0.1, 0.15) is 6.33 Å². The van der Waals surface area contributed by atoms with Gasteiger partial charge in [-0.05, 0) is 31.7 Å². The second-order valence-corrected chi connectivity index (χ2v) is 4.53. The largest absolute Gasteiger partial charge is 0.326 e. The van der Waals surface area contributed by atoms with Crippen molar-refractivity contribution < 1.29 is 4.39 Å². The van der Waals surface area contributed by atoms with Crippen LogP contribution in [0.3, 0.4) is 0 Å². The smallest absolute Gasteiger partial charge is 0.174 e. The quantitative estimate of drug-likeness (QED) is 0.878. The Kier molecular flexibility index (Phi) is 2.83. The zero-order valence-corrected chi connectivity index (χ0v) is 10.1. The Morgan fingerprint density at radius 1 is 1.28 bits per heavy atom. The summed E-state index contributed by atoms with van der Waals surface area (Å²) in [5, 5.41) is 0. The topological polar surface area (TPSA) is 56.7 Å². The molecule has 0 bridgehead atoms. The van der Waals surface area contributed by atoms with Gasteiger partial charge in [0.05, 0.1) is 5.69 Å². The summed E-state index contributed by atoms with van der Waals surface area (Å²) in [6, 6.07) is 1.61. The maximum absolute atomic E-state index is 14.2. The molecule has 2 heterocycles. The fraction of sp³-hybridized carbons (Fsp3) is 0.385. The molecule has 18 heavy (non-hydrogen) atoms. The third kappa shape index (κ3) is 1.71. The fourth-order valence-electron chi connectivity index (χ4n) is 2.45. The number of pyridine rings is 1. The van der Waals surface area contributed by atoms with Crippen LogP contribution in [0.2, 0.25) is 0 Å². The molecule has 1 aliphatic carbocycles. The normalized spacial score (nSPS) is 14.6. The molecule has 2 aromatic rings. The second-order valence-electron chi connectivity index (χ2n) is 4.53. The maximum atomic E-state index is 14.2. The third-order valence-electron chi connectivity index (χ3n) is 3.43. The van der Waals surface area contributed by atoms with Crippen LogP contribution in [0.15, 0.2) is 18.6 Å². The molecule has 2 N–H and O–H groups in total. The molecule has 0 atom stereocenters. The molecule has 0 aromatic carbocycles. The van der Waals surface area contributed by atoms with Crippen LogP contribution in [0, 0.1) is 5.82 Å². The van der Waals surface area contributed by atoms with E-state index in [0.717, 1.165) is 37.1 Å². The highest BCUT2D eigenvalue weighted by Gasteiger charge is 2.19. The number of nitrogens with two attached hydrogens (primary N) is 1. The van der Waals surface area contributed by atoms with Crippen molar-refractivity contribution in [2.45, 2.75) is 32.2 Å². The van der Waals surface area contributed by atoms with Crippen molar-refractivity contribution in [2.24, 2.45) is 5.73 Å². The Hall–Kier alpha value is -1.75. The van der Waals surface area contributed by atoms with Crippen molar-refractivity contribution in [2.75, 3.05) is 0 Å². The highest BCUT2D eigenvalue weighted by Crippen LogP contribution is 2.24. The average molecular weight is 246 g/mol. The molecule has 0 saturated heterocycles. The van der Waals surface area contributed by atoms with E-state index in [0.29, 0.717) is 11.4 Å². The summed E-state index contributed by atoms with van der Waals surface area (Å²) in [6.07, 6.45) is 7.45. The van der Waals surface area contributed by atoms with Crippen LogP contribution in [-0.4, -0.2) is 14.5 Å². The van der Waals surface area contributed by atoms with Gasteiger partial charge in [-0.2, -0.15) is 0 Å². The number of aryl methyl sites for hydroxylation is 1. The predicted molar refractivity (Wildman–Crippen MR) is 65.9 cm³/mol. The Balaban J connectivity index is 2.13. The number of nitrogens with zero attached hydrogens (tertiary/aromatic N) is 3. The van der Waals surface area contributed by atoms with E-state index in [9.17, 15) is 4.39 Å². The van der Waals surface area contributed by atoms with E-state index in [4.69, 9.17) is 5.73 Å². The monoisotopic (exact) mass is 246 g/mol. The molecule has 0 spiro atoms. The number of hydrogen-bond acceptors (Lipinski definition) is 3. The summed E-state index contributed by atoms with van der Waals surface area (Å²) >= 11 is 0. The minimum atomic E-state index is -0.342. The molecule has 0 aliphatic heterocycles. The standard InChI is InChI=1S/C13H15FN4/c14-12-9(7-15)5-6-16-13(12)18-8-17-10-3-1-2-4-11(10)18/h5-6,8H,1-4,7,15H2. The molecule has 0 unspecified atom stereocenters. The Morgan fingerprint density at radius 2 is 2.11 bits per heavy atom. The van der Waals surface area contributed by atoms with Gasteiger partial charge in [-0.25, -0.2) is 14.4 Å². The average Bonchev–Trinajstić information content (AvgIpc) is 2.83. The molecule has 0 fully saturated rings. The van der Waals surface area contributed by atoms with Gasteiger partial charge in [0.15, 0.2) is 11.6 Å². The molecule has 94 valence electrons. The minimum absolute atomic E-state index is 0.179. The molecule has 2 aromatic heterocycles. The van der Waals surface area contributed by atoms with Crippen molar-refractivity contribution in [1.29, 1.82) is 0 Å². The molecular weight excluding hydrogens is 231 g/mol. The fourth-order valence-corrected chi connectivity index (χ4v) is 2.45. The first kappa shape index (κ1) is 11.3. The van der Waals surface area contributed by atoms with Gasteiger partial charge in [0.2, 0.25) is 0 Å². The molecule has 0 radical (unpaired) electrons. The lowest BCUT2D eigenvalue weighted by Gasteiger charge is -2.14. The lowest BCUT2D eigenvalue weighted by Crippen LogP contribution is -2.11. The molecule has 4 nitrogen and oxygen atoms in total. The second kappa shape index (κ2) is 4.49. The van der Waals surface area contributed by atoms with Crippen LogP contribution in [0.1, 0.15) is 29.8 Å². The van der Waals surface area contributed by atoms with Crippen molar-refractivity contribution in [1.82, 2.24) is 14.5 Å². The van der Waals surface area contributed by atoms with Gasteiger partial charge in [0, 0.05) is 24.0 Å². The first-order valence-electron chi connectivity index (χ1n) is 6.20. The summed E-state index contributed by atoms with van der Waals surface area (Å²) in [6.45, 7) is 0.179. The van der Waals surface area contributed by atoms with Gasteiger partial charge in [-0.3, -0.25) is 4.57 Å². The minimum Gasteiger partial charge on any atom is -0.326 e. The van der Waals surface area contributed by atoms with Gasteiger partial charge in [-0.15, -0.1) is 0 Å². The summed E-state index contributed by atoms with van der Waals surface area (Å²) in [4.78, 5) is 8.48. The van der Waals surface area contributed by atoms with E-state index in [1.54, 1.807) is 23.2 Å². The zero-order chi connectivity index (χ0) is 12.5. The number of imidazole rings is 1. The molecule has 3 rings (SSSR count). The molecule has 5 heteroatoms. The Labute approximate surface area is 105 Å². The number of hydrogen-bond donors (Lipinski definition) is 1. The lowest BCUT2D eigenvalue weighted by atomic mass is 10.0. The van der Waals surface area contributed by atoms with Crippen molar-refractivity contribution >= 4 is 0 Å². The van der Waals surface area contributed by atoms with Crippen LogP contribution in [0.5, 0.6) is 0 Å². The van der Waals surface area contributed by atoms with Crippen LogP contribution in [-0.2, 0) is 19.4 Å². The molecule has 0 saturated carbocycles. The predicted octanol–water partition coefficient (Wildman–Crippen LogP) is 1.74. The lowest BCUT2D eigenvalue weighted by molar-refractivity contribution is 0.585. The van der Waals surface area contributed by atoms with Gasteiger partial charge in [0.25, 0.3) is 0 Å². The van der Waals surface area contributed by atoms with Crippen molar-refractivity contribution in [3.8, 4) is 5.82 Å². The van der Waals surface area contributed by atoms with E-state index in [1.807, 2.05) is 0 Å². The summed E-state index contributed by atoms with van der Waals surface area (Å²) in [7, 11) is 0. The summed E-state index contributed by atoms with van der Waals surface area (Å²) in [5.41, 5.74) is 8.16. The third-order valence-corrected chi connectivity index (χ3v) is 3.43. The molecule has 0 amide bonds. The maximum Gasteiger partial charge on any atom is 0.174 e. The highest BCUT2D eigenvalue weighted by molar-refractivity contribution is 5.34. The molecule has 1 aliphatic rings. The van der Waals surface area contributed by atoms with E-state index in [2.05, 4.69) is 9.97 Å². The summed E-state index contributed by atoms with van der Waals surface area (Å²) in [5.74, 6) is -0.0284. The van der Waals surface area contributed by atoms with E-state index in [1.165, 1.54) is 0 Å². The van der Waals surface area contributed by atoms with Gasteiger partial charge < -0.3 is 5.73 Å². The van der Waals surface area contributed by atoms with Crippen molar-refractivity contribution in [3.05, 3.63) is 41.4 Å². The Morgan fingerprint density at radius 3 is 2.94 bits per heavy atom. The van der Waals surface area contributed by atoms with Gasteiger partial charge in [-0.1, -0.05) is 0 Å². The SMILES string of the molecule is NCc1ccnc(-n2cnc3c2CCCC3)c1F. The zero-order valence-electron chi connectivity index (χ0n) is 10.1. The van der Waals surface area contributed by atoms with Crippen LogP contribution < -0.4 is 5.73 Å². The first-order valence-corrected chi connectivity index (χ1v) is 6.20. The van der Waals surface area contributed by atoms with Crippen molar-refractivity contribution in [3.63, 3.8) is 0 Å². The van der Waals surface area contributed by atoms with E-state index < -0.39 is 0 Å². The Bertz CT molecular complexity index is 576. The van der Waals surface area contributed by atoms with E-state index in [-0.39, 0.29) is 12.4 Å². The van der Waals surface area contributed by atoms with Crippen LogP contribution in [0.25, 0.3) is 5.82 Å². The molecular formula is C13H15FN4. The number of aromatic nitrogens is 3. The van der Waals surface area contributed by atoms with E-state index >= 15 is 0 Å². The number of fused-ring (bicyclic) bond motifs is 1. The van der Waals surface area contributed by atoms with Gasteiger partial charge >= 0.3 is 0 Å². The number of halogens is 1. The van der Waals surface area contributed by atoms with Crippen LogP contribution in [0.4, 0.5) is 4.39 Å².